The number of aryl methyl sites for hydroxylation is 1. The van der Waals surface area contributed by atoms with Crippen molar-refractivity contribution in [3.05, 3.63) is 35.5 Å². The second-order valence-electron chi connectivity index (χ2n) is 9.96. The van der Waals surface area contributed by atoms with Crippen LogP contribution in [0.2, 0.25) is 0 Å². The zero-order valence-corrected chi connectivity index (χ0v) is 21.2. The highest BCUT2D eigenvalue weighted by molar-refractivity contribution is 5.81. The summed E-state index contributed by atoms with van der Waals surface area (Å²) in [5.74, 6) is -0.0671. The predicted molar refractivity (Wildman–Crippen MR) is 137 cm³/mol. The number of hydrogen-bond donors (Lipinski definition) is 2. The quantitative estimate of drug-likeness (QED) is 0.383. The lowest BCUT2D eigenvalue weighted by Gasteiger charge is -2.39. The Bertz CT molecular complexity index is 1130. The summed E-state index contributed by atoms with van der Waals surface area (Å²) in [6.45, 7) is 7.86. The molecule has 0 aliphatic carbocycles. The molecule has 3 fully saturated rings. The molecule has 0 bridgehead atoms. The van der Waals surface area contributed by atoms with E-state index in [1.165, 1.54) is 25.1 Å². The summed E-state index contributed by atoms with van der Waals surface area (Å²) in [6.07, 6.45) is 0.599. The van der Waals surface area contributed by atoms with Crippen molar-refractivity contribution in [1.82, 2.24) is 19.8 Å². The number of nitrogens with zero attached hydrogens (tertiary/aromatic N) is 5. The van der Waals surface area contributed by atoms with Gasteiger partial charge in [-0.25, -0.2) is 4.98 Å². The number of likely N-dealkylation sites (tertiary alicyclic amines) is 1. The van der Waals surface area contributed by atoms with Gasteiger partial charge in [-0.05, 0) is 56.0 Å². The minimum absolute atomic E-state index is 0.0862. The van der Waals surface area contributed by atoms with Crippen molar-refractivity contribution >= 4 is 29.0 Å². The first-order valence-corrected chi connectivity index (χ1v) is 13.2. The lowest BCUT2D eigenvalue weighted by molar-refractivity contribution is -0.139. The molecule has 1 aromatic carbocycles. The Kier molecular flexibility index (Phi) is 7.41. The van der Waals surface area contributed by atoms with Crippen LogP contribution in [0, 0.1) is 0 Å². The number of carbonyl (C=O) groups excluding carboxylic acids is 1. The molecule has 5 rings (SSSR count). The van der Waals surface area contributed by atoms with Crippen molar-refractivity contribution in [3.63, 3.8) is 0 Å². The van der Waals surface area contributed by atoms with Gasteiger partial charge < -0.3 is 20.4 Å². The molecule has 1 aromatic heterocycles. The molecule has 8 nitrogen and oxygen atoms in total. The van der Waals surface area contributed by atoms with Crippen molar-refractivity contribution in [2.45, 2.75) is 51.2 Å². The first-order chi connectivity index (χ1) is 17.8. The molecule has 0 saturated carbocycles. The first-order valence-electron chi connectivity index (χ1n) is 13.2. The van der Waals surface area contributed by atoms with Gasteiger partial charge in [0.2, 0.25) is 11.9 Å². The highest BCUT2D eigenvalue weighted by Gasteiger charge is 2.35. The summed E-state index contributed by atoms with van der Waals surface area (Å²) in [5, 5.41) is 5.94. The first kappa shape index (κ1) is 25.6. The molecule has 3 saturated heterocycles. The van der Waals surface area contributed by atoms with E-state index in [9.17, 15) is 18.0 Å². The monoisotopic (exact) mass is 517 g/mol. The third-order valence-corrected chi connectivity index (χ3v) is 7.61. The maximum Gasteiger partial charge on any atom is 0.421 e. The minimum atomic E-state index is -4.58. The number of hydrogen-bond acceptors (Lipinski definition) is 7. The maximum atomic E-state index is 13.6. The Hall–Kier alpha value is -3.08. The molecule has 0 radical (unpaired) electrons. The number of alkyl halides is 3. The van der Waals surface area contributed by atoms with Gasteiger partial charge in [0.25, 0.3) is 0 Å². The molecule has 1 amide bonds. The summed E-state index contributed by atoms with van der Waals surface area (Å²) < 4.78 is 40.7. The van der Waals surface area contributed by atoms with E-state index in [0.717, 1.165) is 43.5 Å². The van der Waals surface area contributed by atoms with Gasteiger partial charge in [-0.15, -0.1) is 0 Å². The van der Waals surface area contributed by atoms with E-state index in [1.54, 1.807) is 4.90 Å². The van der Waals surface area contributed by atoms with Crippen molar-refractivity contribution in [2.75, 3.05) is 61.3 Å². The van der Waals surface area contributed by atoms with Gasteiger partial charge >= 0.3 is 6.18 Å². The third kappa shape index (κ3) is 5.76. The number of fused-ring (bicyclic) bond motifs is 1. The number of aromatic nitrogens is 2. The maximum absolute atomic E-state index is 13.6. The number of nitrogens with one attached hydrogen (secondary N) is 2. The van der Waals surface area contributed by atoms with Crippen LogP contribution >= 0.6 is 0 Å². The molecule has 37 heavy (non-hydrogen) atoms. The number of piperazine rings is 1. The fourth-order valence-electron chi connectivity index (χ4n) is 5.40. The fraction of sp³-hybridized carbons (Fsp3) is 0.577. The van der Waals surface area contributed by atoms with Gasteiger partial charge in [-0.2, -0.15) is 18.2 Å². The molecule has 2 N–H and O–H groups in total. The van der Waals surface area contributed by atoms with Crippen LogP contribution in [0.25, 0.3) is 0 Å². The molecule has 3 aliphatic heterocycles. The molecule has 2 aromatic rings. The number of anilines is 4. The second kappa shape index (κ2) is 10.7. The SMILES string of the molecule is CCc1cc(N2CCN3CCCC3C2)ccc1Nc1ncc(C(F)(F)F)c(NCCCN2CCC2=O)n1. The normalized spacial score (nSPS) is 20.1. The fourth-order valence-corrected chi connectivity index (χ4v) is 5.40. The Morgan fingerprint density at radius 1 is 1.16 bits per heavy atom. The van der Waals surface area contributed by atoms with Crippen molar-refractivity contribution in [3.8, 4) is 0 Å². The summed E-state index contributed by atoms with van der Waals surface area (Å²) in [4.78, 5) is 26.3. The molecule has 1 unspecified atom stereocenters. The summed E-state index contributed by atoms with van der Waals surface area (Å²) in [5.41, 5.74) is 2.11. The average molecular weight is 518 g/mol. The molecule has 11 heteroatoms. The van der Waals surface area contributed by atoms with Gasteiger partial charge in [-0.3, -0.25) is 9.69 Å². The number of benzene rings is 1. The lowest BCUT2D eigenvalue weighted by Crippen LogP contribution is -2.50. The van der Waals surface area contributed by atoms with E-state index in [2.05, 4.69) is 49.5 Å². The summed E-state index contributed by atoms with van der Waals surface area (Å²) >= 11 is 0. The van der Waals surface area contributed by atoms with Crippen LogP contribution in [0.3, 0.4) is 0 Å². The minimum Gasteiger partial charge on any atom is -0.369 e. The van der Waals surface area contributed by atoms with Crippen LogP contribution in [-0.2, 0) is 17.4 Å². The van der Waals surface area contributed by atoms with E-state index < -0.39 is 11.7 Å². The average Bonchev–Trinajstić information content (AvgIpc) is 3.35. The number of β-lactam (4-membered cyclic amide) rings is 1. The van der Waals surface area contributed by atoms with E-state index in [-0.39, 0.29) is 24.2 Å². The Morgan fingerprint density at radius 2 is 2.03 bits per heavy atom. The van der Waals surface area contributed by atoms with E-state index >= 15 is 0 Å². The zero-order valence-electron chi connectivity index (χ0n) is 21.2. The Morgan fingerprint density at radius 3 is 2.76 bits per heavy atom. The molecule has 0 spiro atoms. The van der Waals surface area contributed by atoms with Gasteiger partial charge in [-0.1, -0.05) is 6.92 Å². The number of halogens is 3. The van der Waals surface area contributed by atoms with E-state index in [0.29, 0.717) is 32.0 Å². The number of carbonyl (C=O) groups is 1. The summed E-state index contributed by atoms with van der Waals surface area (Å²) in [6, 6.07) is 6.81. The molecular formula is C26H34F3N7O. The smallest absolute Gasteiger partial charge is 0.369 e. The zero-order chi connectivity index (χ0) is 26.0. The highest BCUT2D eigenvalue weighted by atomic mass is 19.4. The molecule has 1 atom stereocenters. The van der Waals surface area contributed by atoms with E-state index in [4.69, 9.17) is 0 Å². The molecule has 3 aliphatic rings. The topological polar surface area (TPSA) is 76.6 Å². The van der Waals surface area contributed by atoms with Crippen LogP contribution in [-0.4, -0.2) is 77.5 Å². The van der Waals surface area contributed by atoms with Crippen molar-refractivity contribution in [1.29, 1.82) is 0 Å². The molecule has 200 valence electrons. The second-order valence-corrected chi connectivity index (χ2v) is 9.96. The Balaban J connectivity index is 1.28. The molecule has 4 heterocycles. The van der Waals surface area contributed by atoms with Crippen LogP contribution < -0.4 is 15.5 Å². The number of amides is 1. The molecular weight excluding hydrogens is 483 g/mol. The third-order valence-electron chi connectivity index (χ3n) is 7.61. The van der Waals surface area contributed by atoms with Gasteiger partial charge in [0.1, 0.15) is 11.4 Å². The van der Waals surface area contributed by atoms with Crippen LogP contribution in [0.15, 0.2) is 24.4 Å². The van der Waals surface area contributed by atoms with Crippen LogP contribution in [0.1, 0.15) is 43.7 Å². The number of rotatable bonds is 9. The van der Waals surface area contributed by atoms with Gasteiger partial charge in [0.05, 0.1) is 0 Å². The lowest BCUT2D eigenvalue weighted by atomic mass is 10.1. The van der Waals surface area contributed by atoms with Crippen molar-refractivity contribution < 1.29 is 18.0 Å². The van der Waals surface area contributed by atoms with Crippen LogP contribution in [0.5, 0.6) is 0 Å². The van der Waals surface area contributed by atoms with Gasteiger partial charge in [0, 0.05) is 69.3 Å². The predicted octanol–water partition coefficient (Wildman–Crippen LogP) is 4.12. The standard InChI is InChI=1S/C26H34F3N7O/c1-2-18-15-19(36-14-13-34-10-3-5-20(34)17-36)6-7-22(18)32-25-31-16-21(26(27,28)29)24(33-25)30-9-4-11-35-12-8-23(35)37/h6-7,15-16,20H,2-5,8-14,17H2,1H3,(H2,30,31,32,33). The van der Waals surface area contributed by atoms with Crippen LogP contribution in [0.4, 0.5) is 36.3 Å². The summed E-state index contributed by atoms with van der Waals surface area (Å²) in [7, 11) is 0. The van der Waals surface area contributed by atoms with E-state index in [1.807, 2.05) is 6.07 Å². The highest BCUT2D eigenvalue weighted by Crippen LogP contribution is 2.35. The van der Waals surface area contributed by atoms with Crippen molar-refractivity contribution in [2.24, 2.45) is 0 Å². The van der Waals surface area contributed by atoms with Gasteiger partial charge in [0.15, 0.2) is 0 Å². The Labute approximate surface area is 215 Å². The largest absolute Gasteiger partial charge is 0.421 e.